The van der Waals surface area contributed by atoms with E-state index in [1.807, 2.05) is 30.5 Å². The molecule has 0 unspecified atom stereocenters. The summed E-state index contributed by atoms with van der Waals surface area (Å²) in [6.07, 6.45) is 2.16. The molecule has 0 bridgehead atoms. The van der Waals surface area contributed by atoms with Crippen LogP contribution in [0.4, 0.5) is 0 Å². The average Bonchev–Trinajstić information content (AvgIpc) is 2.88. The normalized spacial score (nSPS) is 20.0. The van der Waals surface area contributed by atoms with E-state index in [1.54, 1.807) is 0 Å². The van der Waals surface area contributed by atoms with Gasteiger partial charge < -0.3 is 19.8 Å². The molecule has 1 fully saturated rings. The van der Waals surface area contributed by atoms with Crippen LogP contribution in [-0.2, 0) is 21.1 Å². The number of carboxylic acids is 1. The monoisotopic (exact) mass is 322 g/mol. The van der Waals surface area contributed by atoms with Gasteiger partial charge in [-0.1, -0.05) is 18.2 Å². The summed E-state index contributed by atoms with van der Waals surface area (Å²) in [5, 5.41) is 12.5. The zero-order valence-corrected chi connectivity index (χ0v) is 12.9. The Morgan fingerprint density at radius 2 is 1.95 bits per heavy atom. The Labute approximate surface area is 128 Å². The van der Waals surface area contributed by atoms with E-state index in [4.69, 9.17) is 0 Å². The molecular formula is C15H18N2O4S. The minimum absolute atomic E-state index is 0.0417. The second-order valence-electron chi connectivity index (χ2n) is 5.75. The zero-order chi connectivity index (χ0) is 15.7. The van der Waals surface area contributed by atoms with Crippen molar-refractivity contribution in [2.45, 2.75) is 12.5 Å². The maximum atomic E-state index is 11.5. The lowest BCUT2D eigenvalue weighted by Crippen LogP contribution is -3.19. The molecule has 1 aromatic carbocycles. The highest BCUT2D eigenvalue weighted by molar-refractivity contribution is 7.91. The molecule has 2 aromatic rings. The Morgan fingerprint density at radius 1 is 1.27 bits per heavy atom. The largest absolute Gasteiger partial charge is 0.544 e. The highest BCUT2D eigenvalue weighted by Gasteiger charge is 2.31. The van der Waals surface area contributed by atoms with Gasteiger partial charge in [-0.15, -0.1) is 0 Å². The standard InChI is InChI=1S/C15H18N2O4S/c18-15(19)14(17-5-7-22(20,21)8-6-17)9-11-10-16-13-4-2-1-3-12(11)13/h1-4,10,14,16H,5-9H2,(H,18,19)/t14-/m1/s1. The van der Waals surface area contributed by atoms with Crippen molar-refractivity contribution >= 4 is 26.7 Å². The minimum atomic E-state index is -3.01. The van der Waals surface area contributed by atoms with Gasteiger partial charge in [-0.3, -0.25) is 0 Å². The van der Waals surface area contributed by atoms with Crippen LogP contribution in [0.3, 0.4) is 0 Å². The van der Waals surface area contributed by atoms with Gasteiger partial charge in [-0.25, -0.2) is 8.42 Å². The van der Waals surface area contributed by atoms with Gasteiger partial charge in [0.05, 0.1) is 30.6 Å². The number of hydrogen-bond acceptors (Lipinski definition) is 4. The number of aliphatic carboxylic acids is 1. The number of aromatic nitrogens is 1. The molecule has 0 saturated carbocycles. The minimum Gasteiger partial charge on any atom is -0.544 e. The predicted molar refractivity (Wildman–Crippen MR) is 80.1 cm³/mol. The van der Waals surface area contributed by atoms with Crippen molar-refractivity contribution in [2.24, 2.45) is 0 Å². The number of H-pyrrole nitrogens is 1. The van der Waals surface area contributed by atoms with Gasteiger partial charge in [0.15, 0.2) is 9.84 Å². The average molecular weight is 322 g/mol. The molecule has 1 aromatic heterocycles. The Balaban J connectivity index is 1.82. The fourth-order valence-corrected chi connectivity index (χ4v) is 4.41. The summed E-state index contributed by atoms with van der Waals surface area (Å²) >= 11 is 0. The molecule has 0 aliphatic carbocycles. The number of rotatable bonds is 4. The predicted octanol–water partition coefficient (Wildman–Crippen LogP) is -1.86. The van der Waals surface area contributed by atoms with Crippen molar-refractivity contribution in [1.29, 1.82) is 0 Å². The molecule has 118 valence electrons. The first-order valence-electron chi connectivity index (χ1n) is 7.27. The number of carbonyl (C=O) groups excluding carboxylic acids is 1. The summed E-state index contributed by atoms with van der Waals surface area (Å²) in [6.45, 7) is 0.646. The van der Waals surface area contributed by atoms with Gasteiger partial charge in [0, 0.05) is 23.5 Å². The molecule has 2 heterocycles. The molecular weight excluding hydrogens is 304 g/mol. The molecule has 22 heavy (non-hydrogen) atoms. The Morgan fingerprint density at radius 3 is 2.64 bits per heavy atom. The molecule has 2 N–H and O–H groups in total. The van der Waals surface area contributed by atoms with Crippen LogP contribution in [0.1, 0.15) is 5.56 Å². The molecule has 3 rings (SSSR count). The van der Waals surface area contributed by atoms with Crippen molar-refractivity contribution in [3.63, 3.8) is 0 Å². The summed E-state index contributed by atoms with van der Waals surface area (Å²) in [6, 6.07) is 6.99. The van der Waals surface area contributed by atoms with E-state index in [0.29, 0.717) is 19.5 Å². The van der Waals surface area contributed by atoms with Crippen molar-refractivity contribution < 1.29 is 23.2 Å². The number of nitrogens with one attached hydrogen (secondary N) is 2. The first kappa shape index (κ1) is 15.1. The molecule has 0 amide bonds. The fourth-order valence-electron chi connectivity index (χ4n) is 3.06. The van der Waals surface area contributed by atoms with Gasteiger partial charge in [-0.05, 0) is 11.6 Å². The van der Waals surface area contributed by atoms with Crippen LogP contribution in [0.5, 0.6) is 0 Å². The highest BCUT2D eigenvalue weighted by Crippen LogP contribution is 2.18. The summed E-state index contributed by atoms with van der Waals surface area (Å²) in [5.41, 5.74) is 1.89. The lowest BCUT2D eigenvalue weighted by Gasteiger charge is -2.31. The third-order valence-corrected chi connectivity index (χ3v) is 6.00. The Kier molecular flexibility index (Phi) is 3.92. The Bertz CT molecular complexity index is 783. The first-order chi connectivity index (χ1) is 10.5. The van der Waals surface area contributed by atoms with Crippen LogP contribution < -0.4 is 10.0 Å². The number of carbonyl (C=O) groups is 1. The molecule has 1 aliphatic heterocycles. The third-order valence-electron chi connectivity index (χ3n) is 4.34. The number of sulfone groups is 1. The molecule has 1 aliphatic rings. The smallest absolute Gasteiger partial charge is 0.161 e. The van der Waals surface area contributed by atoms with Crippen LogP contribution in [-0.4, -0.2) is 50.0 Å². The Hall–Kier alpha value is -1.86. The van der Waals surface area contributed by atoms with Gasteiger partial charge >= 0.3 is 0 Å². The lowest BCUT2D eigenvalue weighted by molar-refractivity contribution is -0.915. The van der Waals surface area contributed by atoms with Crippen molar-refractivity contribution in [2.75, 3.05) is 24.6 Å². The van der Waals surface area contributed by atoms with Crippen LogP contribution in [0.25, 0.3) is 10.9 Å². The fraction of sp³-hybridized carbons (Fsp3) is 0.400. The van der Waals surface area contributed by atoms with Crippen LogP contribution in [0.15, 0.2) is 30.5 Å². The molecule has 0 spiro atoms. The number of benzene rings is 1. The van der Waals surface area contributed by atoms with E-state index in [9.17, 15) is 18.3 Å². The van der Waals surface area contributed by atoms with Crippen molar-refractivity contribution in [3.8, 4) is 0 Å². The molecule has 6 nitrogen and oxygen atoms in total. The van der Waals surface area contributed by atoms with E-state index < -0.39 is 21.8 Å². The summed E-state index contributed by atoms with van der Waals surface area (Å²) in [7, 11) is -3.01. The van der Waals surface area contributed by atoms with Crippen molar-refractivity contribution in [3.05, 3.63) is 36.0 Å². The number of hydrogen-bond donors (Lipinski definition) is 2. The molecule has 1 atom stereocenters. The molecule has 1 saturated heterocycles. The maximum Gasteiger partial charge on any atom is 0.161 e. The van der Waals surface area contributed by atoms with E-state index in [1.165, 1.54) is 0 Å². The van der Waals surface area contributed by atoms with E-state index in [-0.39, 0.29) is 11.5 Å². The number of fused-ring (bicyclic) bond motifs is 1. The summed E-state index contributed by atoms with van der Waals surface area (Å²) < 4.78 is 23.0. The van der Waals surface area contributed by atoms with E-state index in [0.717, 1.165) is 21.4 Å². The zero-order valence-electron chi connectivity index (χ0n) is 12.0. The lowest BCUT2D eigenvalue weighted by atomic mass is 10.0. The van der Waals surface area contributed by atoms with Crippen molar-refractivity contribution in [1.82, 2.24) is 4.98 Å². The summed E-state index contributed by atoms with van der Waals surface area (Å²) in [4.78, 5) is 15.4. The van der Waals surface area contributed by atoms with Crippen LogP contribution >= 0.6 is 0 Å². The first-order valence-corrected chi connectivity index (χ1v) is 9.09. The number of carboxylic acid groups (broad SMARTS) is 1. The third kappa shape index (κ3) is 3.00. The van der Waals surface area contributed by atoms with Gasteiger partial charge in [0.1, 0.15) is 6.04 Å². The van der Waals surface area contributed by atoms with E-state index >= 15 is 0 Å². The maximum absolute atomic E-state index is 11.5. The van der Waals surface area contributed by atoms with Gasteiger partial charge in [-0.2, -0.15) is 0 Å². The van der Waals surface area contributed by atoms with E-state index in [2.05, 4.69) is 4.98 Å². The summed E-state index contributed by atoms with van der Waals surface area (Å²) in [5.74, 6) is -1.04. The van der Waals surface area contributed by atoms with Crippen LogP contribution in [0.2, 0.25) is 0 Å². The number of aromatic amines is 1. The topological polar surface area (TPSA) is 94.5 Å². The van der Waals surface area contributed by atoms with Gasteiger partial charge in [0.25, 0.3) is 0 Å². The van der Waals surface area contributed by atoms with Gasteiger partial charge in [0.2, 0.25) is 0 Å². The number of para-hydroxylation sites is 1. The molecule has 0 radical (unpaired) electrons. The quantitative estimate of drug-likeness (QED) is 0.690. The highest BCUT2D eigenvalue weighted by atomic mass is 32.2. The molecule has 7 heteroatoms. The second-order valence-corrected chi connectivity index (χ2v) is 8.05. The SMILES string of the molecule is O=C([O-])[C@@H](Cc1c[nH]c2ccccc12)[NH+]1CCS(=O)(=O)CC1. The van der Waals surface area contributed by atoms with Crippen LogP contribution in [0, 0.1) is 0 Å². The second kappa shape index (κ2) is 5.73. The number of quaternary nitrogens is 1.